The number of ether oxygens (including phenoxy) is 1. The standard InChI is InChI=1S/C13H11BrN2O5S/c1-21-12-4-3-9(22(2,19)20)6-10(12)13-11(16(17)18)5-8(14)7-15-13/h3-7H,1-2H3. The lowest BCUT2D eigenvalue weighted by molar-refractivity contribution is -0.384. The molecule has 0 saturated heterocycles. The van der Waals surface area contributed by atoms with Crippen LogP contribution in [0.1, 0.15) is 0 Å². The number of methoxy groups -OCH3 is 1. The monoisotopic (exact) mass is 386 g/mol. The number of nitrogens with zero attached hydrogens (tertiary/aromatic N) is 2. The molecule has 1 heterocycles. The number of pyridine rings is 1. The van der Waals surface area contributed by atoms with E-state index in [4.69, 9.17) is 4.74 Å². The van der Waals surface area contributed by atoms with Crippen molar-refractivity contribution in [2.24, 2.45) is 0 Å². The van der Waals surface area contributed by atoms with Gasteiger partial charge < -0.3 is 4.74 Å². The van der Waals surface area contributed by atoms with Gasteiger partial charge in [-0.1, -0.05) is 0 Å². The van der Waals surface area contributed by atoms with Crippen molar-refractivity contribution in [3.8, 4) is 17.0 Å². The fourth-order valence-corrected chi connectivity index (χ4v) is 2.84. The first-order valence-electron chi connectivity index (χ1n) is 5.92. The Labute approximate surface area is 135 Å². The molecule has 0 aliphatic heterocycles. The lowest BCUT2D eigenvalue weighted by Crippen LogP contribution is -2.01. The molecule has 116 valence electrons. The number of aromatic nitrogens is 1. The van der Waals surface area contributed by atoms with E-state index < -0.39 is 14.8 Å². The number of halogens is 1. The first kappa shape index (κ1) is 16.4. The molecule has 0 amide bonds. The van der Waals surface area contributed by atoms with Crippen LogP contribution in [0.5, 0.6) is 5.75 Å². The predicted octanol–water partition coefficient (Wildman–Crippen LogP) is 2.83. The van der Waals surface area contributed by atoms with Crippen LogP contribution in [-0.2, 0) is 9.84 Å². The average Bonchev–Trinajstić information content (AvgIpc) is 2.45. The average molecular weight is 387 g/mol. The smallest absolute Gasteiger partial charge is 0.296 e. The van der Waals surface area contributed by atoms with Crippen LogP contribution in [0.15, 0.2) is 39.8 Å². The molecule has 22 heavy (non-hydrogen) atoms. The minimum atomic E-state index is -3.46. The summed E-state index contributed by atoms with van der Waals surface area (Å²) < 4.78 is 29.0. The van der Waals surface area contributed by atoms with Crippen molar-refractivity contribution in [2.75, 3.05) is 13.4 Å². The molecule has 7 nitrogen and oxygen atoms in total. The zero-order valence-electron chi connectivity index (χ0n) is 11.6. The quantitative estimate of drug-likeness (QED) is 0.591. The normalized spacial score (nSPS) is 11.2. The zero-order chi connectivity index (χ0) is 16.5. The largest absolute Gasteiger partial charge is 0.496 e. The molecule has 0 unspecified atom stereocenters. The summed E-state index contributed by atoms with van der Waals surface area (Å²) in [6.45, 7) is 0. The number of nitro groups is 1. The van der Waals surface area contributed by atoms with Crippen LogP contribution >= 0.6 is 15.9 Å². The topological polar surface area (TPSA) is 99.4 Å². The molecule has 0 saturated carbocycles. The molecule has 0 radical (unpaired) electrons. The maximum absolute atomic E-state index is 11.7. The van der Waals surface area contributed by atoms with Crippen molar-refractivity contribution in [1.82, 2.24) is 4.98 Å². The van der Waals surface area contributed by atoms with Crippen molar-refractivity contribution in [3.63, 3.8) is 0 Å². The zero-order valence-corrected chi connectivity index (χ0v) is 14.0. The van der Waals surface area contributed by atoms with Gasteiger partial charge in [0.1, 0.15) is 5.75 Å². The van der Waals surface area contributed by atoms with Crippen LogP contribution in [-0.4, -0.2) is 31.7 Å². The molecule has 0 bridgehead atoms. The van der Waals surface area contributed by atoms with Gasteiger partial charge in [0.15, 0.2) is 15.5 Å². The van der Waals surface area contributed by atoms with E-state index in [9.17, 15) is 18.5 Å². The van der Waals surface area contributed by atoms with Crippen molar-refractivity contribution in [2.45, 2.75) is 4.90 Å². The summed E-state index contributed by atoms with van der Waals surface area (Å²) in [5.74, 6) is 0.297. The summed E-state index contributed by atoms with van der Waals surface area (Å²) in [4.78, 5) is 14.7. The van der Waals surface area contributed by atoms with Crippen molar-refractivity contribution >= 4 is 31.5 Å². The second-order valence-corrected chi connectivity index (χ2v) is 7.34. The van der Waals surface area contributed by atoms with Crippen molar-refractivity contribution in [1.29, 1.82) is 0 Å². The molecule has 2 aromatic rings. The summed E-state index contributed by atoms with van der Waals surface area (Å²) in [6.07, 6.45) is 2.46. The summed E-state index contributed by atoms with van der Waals surface area (Å²) in [7, 11) is -2.07. The lowest BCUT2D eigenvalue weighted by Gasteiger charge is -2.10. The van der Waals surface area contributed by atoms with E-state index in [1.165, 1.54) is 37.6 Å². The Balaban J connectivity index is 2.79. The van der Waals surface area contributed by atoms with Gasteiger partial charge in [-0.15, -0.1) is 0 Å². The van der Waals surface area contributed by atoms with Gasteiger partial charge in [-0.25, -0.2) is 13.4 Å². The van der Waals surface area contributed by atoms with Gasteiger partial charge >= 0.3 is 0 Å². The van der Waals surface area contributed by atoms with E-state index in [-0.39, 0.29) is 21.8 Å². The van der Waals surface area contributed by atoms with Gasteiger partial charge in [0.05, 0.1) is 22.5 Å². The van der Waals surface area contributed by atoms with Crippen LogP contribution in [0.3, 0.4) is 0 Å². The Hall–Kier alpha value is -2.00. The molecule has 0 aliphatic carbocycles. The van der Waals surface area contributed by atoms with Crippen LogP contribution in [0.4, 0.5) is 5.69 Å². The Kier molecular flexibility index (Phi) is 4.47. The highest BCUT2D eigenvalue weighted by Crippen LogP contribution is 2.37. The predicted molar refractivity (Wildman–Crippen MR) is 83.7 cm³/mol. The third-order valence-corrected chi connectivity index (χ3v) is 4.43. The minimum Gasteiger partial charge on any atom is -0.496 e. The molecule has 0 spiro atoms. The SMILES string of the molecule is COc1ccc(S(C)(=O)=O)cc1-c1ncc(Br)cc1[N+](=O)[O-]. The molecule has 0 atom stereocenters. The fourth-order valence-electron chi connectivity index (χ4n) is 1.88. The van der Waals surface area contributed by atoms with Crippen LogP contribution in [0.25, 0.3) is 11.3 Å². The molecule has 0 N–H and O–H groups in total. The van der Waals surface area contributed by atoms with E-state index in [0.717, 1.165) is 6.26 Å². The van der Waals surface area contributed by atoms with Crippen LogP contribution in [0, 0.1) is 10.1 Å². The van der Waals surface area contributed by atoms with E-state index in [2.05, 4.69) is 20.9 Å². The number of rotatable bonds is 4. The first-order chi connectivity index (χ1) is 10.2. The van der Waals surface area contributed by atoms with Crippen LogP contribution in [0.2, 0.25) is 0 Å². The highest BCUT2D eigenvalue weighted by Gasteiger charge is 2.22. The number of sulfone groups is 1. The first-order valence-corrected chi connectivity index (χ1v) is 8.61. The number of benzene rings is 1. The molecular weight excluding hydrogens is 376 g/mol. The van der Waals surface area contributed by atoms with E-state index >= 15 is 0 Å². The van der Waals surface area contributed by atoms with Gasteiger partial charge in [-0.3, -0.25) is 10.1 Å². The molecule has 1 aromatic carbocycles. The maximum atomic E-state index is 11.7. The molecular formula is C13H11BrN2O5S. The molecule has 0 fully saturated rings. The van der Waals surface area contributed by atoms with Crippen LogP contribution < -0.4 is 4.74 Å². The summed E-state index contributed by atoms with van der Waals surface area (Å²) in [6, 6.07) is 5.44. The summed E-state index contributed by atoms with van der Waals surface area (Å²) in [5.41, 5.74) is 0.0264. The lowest BCUT2D eigenvalue weighted by atomic mass is 10.1. The molecule has 2 rings (SSSR count). The minimum absolute atomic E-state index is 0.0299. The van der Waals surface area contributed by atoms with Gasteiger partial charge in [-0.2, -0.15) is 0 Å². The molecule has 9 heteroatoms. The second-order valence-electron chi connectivity index (χ2n) is 4.41. The van der Waals surface area contributed by atoms with Gasteiger partial charge in [0.2, 0.25) is 0 Å². The van der Waals surface area contributed by atoms with Gasteiger partial charge in [-0.05, 0) is 34.1 Å². The Bertz CT molecular complexity index is 852. The third kappa shape index (κ3) is 3.25. The highest BCUT2D eigenvalue weighted by atomic mass is 79.9. The Morgan fingerprint density at radius 3 is 2.55 bits per heavy atom. The van der Waals surface area contributed by atoms with E-state index in [1.54, 1.807) is 0 Å². The van der Waals surface area contributed by atoms with E-state index in [0.29, 0.717) is 10.2 Å². The summed E-state index contributed by atoms with van der Waals surface area (Å²) >= 11 is 3.12. The van der Waals surface area contributed by atoms with Crippen molar-refractivity contribution in [3.05, 3.63) is 45.0 Å². The Morgan fingerprint density at radius 2 is 2.00 bits per heavy atom. The van der Waals surface area contributed by atoms with Crippen molar-refractivity contribution < 1.29 is 18.1 Å². The molecule has 0 aliphatic rings. The third-order valence-electron chi connectivity index (χ3n) is 2.89. The van der Waals surface area contributed by atoms with Gasteiger partial charge in [0.25, 0.3) is 5.69 Å². The Morgan fingerprint density at radius 1 is 1.32 bits per heavy atom. The highest BCUT2D eigenvalue weighted by molar-refractivity contribution is 9.10. The number of hydrogen-bond donors (Lipinski definition) is 0. The fraction of sp³-hybridized carbons (Fsp3) is 0.154. The van der Waals surface area contributed by atoms with Gasteiger partial charge in [0, 0.05) is 23.0 Å². The maximum Gasteiger partial charge on any atom is 0.296 e. The molecule has 1 aromatic heterocycles. The number of hydrogen-bond acceptors (Lipinski definition) is 6. The van der Waals surface area contributed by atoms with E-state index in [1.807, 2.05) is 0 Å². The second kappa shape index (κ2) is 6.01. The summed E-state index contributed by atoms with van der Waals surface area (Å²) in [5, 5.41) is 11.2.